The first-order chi connectivity index (χ1) is 21.3. The average Bonchev–Trinajstić information content (AvgIpc) is 3.03. The Morgan fingerprint density at radius 3 is 0.444 bits per heavy atom. The van der Waals surface area contributed by atoms with Crippen molar-refractivity contribution in [1.29, 1.82) is 0 Å². The molecule has 0 aliphatic rings. The SMILES string of the molecule is Clc1cc[c]([Sn]([c]2ccc(Cl)cc2)[c]2ccc(Cl)cc2)cc1.Clc1cc[c]([Sn]([c]2ccc(Cl)cc2)[c]2ccc(Cl)cc2)cc1.O. The summed E-state index contributed by atoms with van der Waals surface area (Å²) in [5.41, 5.74) is 0. The van der Waals surface area contributed by atoms with Gasteiger partial charge in [-0.05, 0) is 0 Å². The second-order valence-corrected chi connectivity index (χ2v) is 26.6. The number of benzene rings is 6. The largest absolute Gasteiger partial charge is 0.412 e. The number of rotatable bonds is 6. The first-order valence-corrected chi connectivity index (χ1v) is 24.4. The molecule has 0 bridgehead atoms. The van der Waals surface area contributed by atoms with Crippen LogP contribution in [0, 0.1) is 0 Å². The minimum atomic E-state index is -2.24. The van der Waals surface area contributed by atoms with Gasteiger partial charge in [0, 0.05) is 0 Å². The number of hydrogen-bond donors (Lipinski definition) is 0. The summed E-state index contributed by atoms with van der Waals surface area (Å²) in [6.45, 7) is 0. The Kier molecular flexibility index (Phi) is 14.3. The van der Waals surface area contributed by atoms with Crippen molar-refractivity contribution in [3.63, 3.8) is 0 Å². The third-order valence-corrected chi connectivity index (χ3v) is 23.9. The van der Waals surface area contributed by atoms with E-state index in [0.717, 1.165) is 30.1 Å². The number of halogens is 6. The molecule has 6 aromatic rings. The number of hydrogen-bond acceptors (Lipinski definition) is 0. The van der Waals surface area contributed by atoms with Gasteiger partial charge >= 0.3 is 306 Å². The van der Waals surface area contributed by atoms with Crippen molar-refractivity contribution in [2.45, 2.75) is 0 Å². The van der Waals surface area contributed by atoms with Crippen LogP contribution in [0.5, 0.6) is 0 Å². The van der Waals surface area contributed by atoms with E-state index in [-0.39, 0.29) is 5.48 Å². The molecule has 2 radical (unpaired) electrons. The molecule has 226 valence electrons. The van der Waals surface area contributed by atoms with Crippen molar-refractivity contribution in [3.8, 4) is 0 Å². The molecule has 1 nitrogen and oxygen atoms in total. The second kappa shape index (κ2) is 17.7. The summed E-state index contributed by atoms with van der Waals surface area (Å²) in [7, 11) is 0. The summed E-state index contributed by atoms with van der Waals surface area (Å²) >= 11 is 31.7. The molecule has 0 aliphatic carbocycles. The molecule has 6 rings (SSSR count). The predicted octanol–water partition coefficient (Wildman–Crippen LogP) is 7.50. The Balaban J connectivity index is 0.000000200. The van der Waals surface area contributed by atoms with Gasteiger partial charge in [-0.15, -0.1) is 0 Å². The van der Waals surface area contributed by atoms with E-state index in [0.29, 0.717) is 0 Å². The summed E-state index contributed by atoms with van der Waals surface area (Å²) < 4.78 is 8.23. The molecule has 2 N–H and O–H groups in total. The van der Waals surface area contributed by atoms with E-state index in [1.807, 2.05) is 72.8 Å². The molecule has 0 amide bonds. The predicted molar refractivity (Wildman–Crippen MR) is 202 cm³/mol. The Morgan fingerprint density at radius 2 is 0.333 bits per heavy atom. The first kappa shape index (κ1) is 36.5. The van der Waals surface area contributed by atoms with E-state index in [4.69, 9.17) is 69.6 Å². The van der Waals surface area contributed by atoms with Crippen molar-refractivity contribution in [2.75, 3.05) is 0 Å². The standard InChI is InChI=1S/6C6H4Cl.H2O.2Sn/c6*7-6-4-2-1-3-5-6;;;/h6*2-5H;1H2;;. The van der Waals surface area contributed by atoms with Gasteiger partial charge in [0.2, 0.25) is 0 Å². The van der Waals surface area contributed by atoms with E-state index < -0.39 is 39.5 Å². The van der Waals surface area contributed by atoms with Crippen molar-refractivity contribution in [3.05, 3.63) is 176 Å². The molecular weight excluding hydrogens is 899 g/mol. The average molecular weight is 925 g/mol. The Morgan fingerprint density at radius 1 is 0.222 bits per heavy atom. The van der Waals surface area contributed by atoms with Crippen LogP contribution < -0.4 is 21.5 Å². The van der Waals surface area contributed by atoms with Gasteiger partial charge in [0.05, 0.1) is 0 Å². The van der Waals surface area contributed by atoms with Gasteiger partial charge in [-0.3, -0.25) is 0 Å². The molecule has 0 unspecified atom stereocenters. The maximum atomic E-state index is 6.04. The fourth-order valence-electron chi connectivity index (χ4n) is 4.70. The van der Waals surface area contributed by atoms with Crippen molar-refractivity contribution in [2.24, 2.45) is 0 Å². The Bertz CT molecular complexity index is 1430. The van der Waals surface area contributed by atoms with Crippen LogP contribution in [0.25, 0.3) is 0 Å². The molecule has 45 heavy (non-hydrogen) atoms. The van der Waals surface area contributed by atoms with Crippen LogP contribution in [0.15, 0.2) is 146 Å². The monoisotopic (exact) mass is 924 g/mol. The molecule has 0 aliphatic heterocycles. The summed E-state index contributed by atoms with van der Waals surface area (Å²) in [4.78, 5) is 0. The van der Waals surface area contributed by atoms with Crippen molar-refractivity contribution < 1.29 is 5.48 Å². The zero-order chi connectivity index (χ0) is 31.1. The van der Waals surface area contributed by atoms with Gasteiger partial charge in [-0.25, -0.2) is 0 Å². The van der Waals surface area contributed by atoms with E-state index in [1.54, 1.807) is 0 Å². The van der Waals surface area contributed by atoms with Crippen LogP contribution in [0.4, 0.5) is 0 Å². The second-order valence-electron chi connectivity index (χ2n) is 9.79. The van der Waals surface area contributed by atoms with Crippen LogP contribution in [0.1, 0.15) is 0 Å². The zero-order valence-electron chi connectivity index (χ0n) is 23.6. The molecule has 0 saturated carbocycles. The summed E-state index contributed by atoms with van der Waals surface area (Å²) in [5.74, 6) is 0. The Labute approximate surface area is 308 Å². The van der Waals surface area contributed by atoms with E-state index in [2.05, 4.69) is 72.8 Å². The third kappa shape index (κ3) is 10.3. The zero-order valence-corrected chi connectivity index (χ0v) is 33.9. The minimum Gasteiger partial charge on any atom is -0.412 e. The molecule has 9 heteroatoms. The van der Waals surface area contributed by atoms with Crippen molar-refractivity contribution in [1.82, 2.24) is 0 Å². The van der Waals surface area contributed by atoms with E-state index in [9.17, 15) is 0 Å². The smallest absolute Gasteiger partial charge is 0.412 e. The van der Waals surface area contributed by atoms with Crippen LogP contribution in [0.2, 0.25) is 30.1 Å². The quantitative estimate of drug-likeness (QED) is 0.155. The maximum Gasteiger partial charge on any atom is -0.412 e. The molecule has 6 aromatic carbocycles. The molecule has 0 heterocycles. The fraction of sp³-hybridized carbons (Fsp3) is 0. The fourth-order valence-corrected chi connectivity index (χ4v) is 19.7. The molecule has 0 aromatic heterocycles. The maximum absolute atomic E-state index is 6.04. The molecule has 0 atom stereocenters. The van der Waals surface area contributed by atoms with Crippen LogP contribution in [0.3, 0.4) is 0 Å². The molecular formula is C36H26Cl6OSn2. The van der Waals surface area contributed by atoms with Gasteiger partial charge < -0.3 is 5.48 Å². The first-order valence-electron chi connectivity index (χ1n) is 13.6. The normalized spacial score (nSPS) is 10.7. The summed E-state index contributed by atoms with van der Waals surface area (Å²) in [5, 5.41) is 4.58. The molecule has 0 saturated heterocycles. The molecule has 0 fully saturated rings. The minimum absolute atomic E-state index is 0. The molecule has 0 spiro atoms. The van der Waals surface area contributed by atoms with Gasteiger partial charge in [-0.2, -0.15) is 0 Å². The van der Waals surface area contributed by atoms with E-state index >= 15 is 0 Å². The van der Waals surface area contributed by atoms with E-state index in [1.165, 1.54) is 21.5 Å². The van der Waals surface area contributed by atoms with Crippen LogP contribution >= 0.6 is 69.6 Å². The van der Waals surface area contributed by atoms with Gasteiger partial charge in [-0.1, -0.05) is 0 Å². The van der Waals surface area contributed by atoms with Gasteiger partial charge in [0.1, 0.15) is 0 Å². The van der Waals surface area contributed by atoms with Crippen LogP contribution in [-0.2, 0) is 0 Å². The third-order valence-electron chi connectivity index (χ3n) is 6.80. The topological polar surface area (TPSA) is 31.5 Å². The van der Waals surface area contributed by atoms with Gasteiger partial charge in [0.25, 0.3) is 0 Å². The van der Waals surface area contributed by atoms with Crippen molar-refractivity contribution >= 4 is 131 Å². The summed E-state index contributed by atoms with van der Waals surface area (Å²) in [6, 6.07) is 49.2. The Hall–Kier alpha value is -1.38. The summed E-state index contributed by atoms with van der Waals surface area (Å²) in [6.07, 6.45) is 0. The van der Waals surface area contributed by atoms with Crippen LogP contribution in [-0.4, -0.2) is 45.0 Å². The van der Waals surface area contributed by atoms with Gasteiger partial charge in [0.15, 0.2) is 0 Å².